The van der Waals surface area contributed by atoms with Gasteiger partial charge in [0.2, 0.25) is 10.0 Å². The van der Waals surface area contributed by atoms with E-state index in [0.29, 0.717) is 43.3 Å². The molecule has 2 amide bonds. The summed E-state index contributed by atoms with van der Waals surface area (Å²) in [6.07, 6.45) is 1.46. The number of carbonyl (C=O) groups is 2. The van der Waals surface area contributed by atoms with Crippen molar-refractivity contribution >= 4 is 27.5 Å². The number of hydrogen-bond donors (Lipinski definition) is 2. The molecule has 1 fully saturated rings. The van der Waals surface area contributed by atoms with Crippen LogP contribution in [0.1, 0.15) is 18.2 Å². The molecule has 0 unspecified atom stereocenters. The third-order valence-electron chi connectivity index (χ3n) is 4.41. The highest BCUT2D eigenvalue weighted by molar-refractivity contribution is 7.89. The van der Waals surface area contributed by atoms with Crippen LogP contribution in [-0.2, 0) is 30.9 Å². The maximum Gasteiger partial charge on any atom is 0.329 e. The SMILES string of the molecule is C/C(=N\NC(=O)C(=O)NCc1ccco1)c1ccc(S(=O)(=O)N2CCOCC2)cc1. The van der Waals surface area contributed by atoms with Gasteiger partial charge in [-0.25, -0.2) is 13.8 Å². The highest BCUT2D eigenvalue weighted by atomic mass is 32.2. The van der Waals surface area contributed by atoms with E-state index in [1.165, 1.54) is 22.7 Å². The van der Waals surface area contributed by atoms with Crippen LogP contribution >= 0.6 is 0 Å². The van der Waals surface area contributed by atoms with Gasteiger partial charge in [0.15, 0.2) is 0 Å². The Balaban J connectivity index is 1.58. The summed E-state index contributed by atoms with van der Waals surface area (Å²) in [6.45, 7) is 3.10. The molecule has 1 aliphatic heterocycles. The molecule has 1 saturated heterocycles. The van der Waals surface area contributed by atoms with E-state index in [-0.39, 0.29) is 11.4 Å². The Morgan fingerprint density at radius 3 is 2.43 bits per heavy atom. The van der Waals surface area contributed by atoms with E-state index in [1.807, 2.05) is 0 Å². The number of amides is 2. The van der Waals surface area contributed by atoms with Gasteiger partial charge in [-0.2, -0.15) is 9.41 Å². The smallest absolute Gasteiger partial charge is 0.329 e. The molecule has 2 N–H and O–H groups in total. The fraction of sp³-hybridized carbons (Fsp3) is 0.316. The average Bonchev–Trinajstić information content (AvgIpc) is 3.30. The first-order valence-corrected chi connectivity index (χ1v) is 10.6. The first-order chi connectivity index (χ1) is 14.4. The van der Waals surface area contributed by atoms with Crippen LogP contribution in [0.3, 0.4) is 0 Å². The second-order valence-corrected chi connectivity index (χ2v) is 8.38. The van der Waals surface area contributed by atoms with Crippen LogP contribution in [0.4, 0.5) is 0 Å². The largest absolute Gasteiger partial charge is 0.467 e. The molecular weight excluding hydrogens is 412 g/mol. The van der Waals surface area contributed by atoms with Crippen molar-refractivity contribution < 1.29 is 27.2 Å². The van der Waals surface area contributed by atoms with E-state index in [9.17, 15) is 18.0 Å². The van der Waals surface area contributed by atoms with Crippen LogP contribution in [-0.4, -0.2) is 56.6 Å². The van der Waals surface area contributed by atoms with Gasteiger partial charge >= 0.3 is 11.8 Å². The molecule has 2 aromatic rings. The van der Waals surface area contributed by atoms with Crippen molar-refractivity contribution in [2.45, 2.75) is 18.4 Å². The number of benzene rings is 1. The summed E-state index contributed by atoms with van der Waals surface area (Å²) in [6, 6.07) is 9.49. The van der Waals surface area contributed by atoms with Gasteiger partial charge in [0, 0.05) is 13.1 Å². The summed E-state index contributed by atoms with van der Waals surface area (Å²) in [5.41, 5.74) is 3.19. The lowest BCUT2D eigenvalue weighted by Gasteiger charge is -2.26. The average molecular weight is 434 g/mol. The quantitative estimate of drug-likeness (QED) is 0.386. The molecule has 1 aromatic heterocycles. The molecule has 11 heteroatoms. The van der Waals surface area contributed by atoms with E-state index in [1.54, 1.807) is 31.2 Å². The molecule has 10 nitrogen and oxygen atoms in total. The van der Waals surface area contributed by atoms with E-state index in [0.717, 1.165) is 0 Å². The van der Waals surface area contributed by atoms with Gasteiger partial charge in [0.25, 0.3) is 0 Å². The standard InChI is InChI=1S/C19H22N4O6S/c1-14(21-22-19(25)18(24)20-13-16-3-2-10-29-16)15-4-6-17(7-5-15)30(26,27)23-8-11-28-12-9-23/h2-7,10H,8-9,11-13H2,1H3,(H,20,24)(H,22,25)/b21-14+. The zero-order chi connectivity index (χ0) is 21.6. The van der Waals surface area contributed by atoms with E-state index >= 15 is 0 Å². The van der Waals surface area contributed by atoms with Gasteiger partial charge in [-0.1, -0.05) is 12.1 Å². The number of morpholine rings is 1. The van der Waals surface area contributed by atoms with Gasteiger partial charge in [-0.15, -0.1) is 0 Å². The molecule has 0 spiro atoms. The molecule has 0 saturated carbocycles. The number of sulfonamides is 1. The molecule has 30 heavy (non-hydrogen) atoms. The minimum atomic E-state index is -3.58. The van der Waals surface area contributed by atoms with E-state index in [2.05, 4.69) is 15.8 Å². The van der Waals surface area contributed by atoms with Gasteiger partial charge in [0.1, 0.15) is 5.76 Å². The summed E-state index contributed by atoms with van der Waals surface area (Å²) < 4.78 is 36.9. The van der Waals surface area contributed by atoms with Crippen molar-refractivity contribution in [3.05, 3.63) is 54.0 Å². The van der Waals surface area contributed by atoms with Crippen LogP contribution in [0.15, 0.2) is 57.1 Å². The van der Waals surface area contributed by atoms with Gasteiger partial charge in [0.05, 0.1) is 36.6 Å². The number of nitrogens with zero attached hydrogens (tertiary/aromatic N) is 2. The number of carbonyl (C=O) groups excluding carboxylic acids is 2. The van der Waals surface area contributed by atoms with Crippen molar-refractivity contribution in [1.82, 2.24) is 15.0 Å². The molecule has 3 rings (SSSR count). The summed E-state index contributed by atoms with van der Waals surface area (Å²) in [7, 11) is -3.58. The first-order valence-electron chi connectivity index (χ1n) is 9.21. The fourth-order valence-corrected chi connectivity index (χ4v) is 4.12. The minimum absolute atomic E-state index is 0.0844. The Morgan fingerprint density at radius 2 is 1.80 bits per heavy atom. The van der Waals surface area contributed by atoms with Crippen LogP contribution in [0.2, 0.25) is 0 Å². The normalized spacial score (nSPS) is 15.6. The van der Waals surface area contributed by atoms with Crippen molar-refractivity contribution in [2.75, 3.05) is 26.3 Å². The number of hydrogen-bond acceptors (Lipinski definition) is 7. The minimum Gasteiger partial charge on any atom is -0.467 e. The number of ether oxygens (including phenoxy) is 1. The third kappa shape index (κ3) is 5.32. The predicted molar refractivity (Wildman–Crippen MR) is 107 cm³/mol. The lowest BCUT2D eigenvalue weighted by molar-refractivity contribution is -0.139. The molecule has 1 aromatic carbocycles. The molecule has 0 bridgehead atoms. The lowest BCUT2D eigenvalue weighted by Crippen LogP contribution is -2.40. The Kier molecular flexibility index (Phi) is 6.98. The maximum atomic E-state index is 12.6. The number of rotatable bonds is 6. The first kappa shape index (κ1) is 21.7. The lowest BCUT2D eigenvalue weighted by atomic mass is 10.1. The molecule has 2 heterocycles. The molecule has 0 radical (unpaired) electrons. The van der Waals surface area contributed by atoms with Crippen LogP contribution in [0.25, 0.3) is 0 Å². The predicted octanol–water partition coefficient (Wildman–Crippen LogP) is 0.457. The summed E-state index contributed by atoms with van der Waals surface area (Å²) in [5, 5.41) is 6.31. The highest BCUT2D eigenvalue weighted by Gasteiger charge is 2.26. The van der Waals surface area contributed by atoms with E-state index < -0.39 is 21.8 Å². The second kappa shape index (κ2) is 9.65. The van der Waals surface area contributed by atoms with Gasteiger partial charge < -0.3 is 14.5 Å². The number of furan rings is 1. The van der Waals surface area contributed by atoms with Crippen LogP contribution < -0.4 is 10.7 Å². The van der Waals surface area contributed by atoms with Crippen LogP contribution in [0.5, 0.6) is 0 Å². The summed E-state index contributed by atoms with van der Waals surface area (Å²) >= 11 is 0. The Morgan fingerprint density at radius 1 is 1.10 bits per heavy atom. The Bertz CT molecular complexity index is 1010. The molecule has 0 atom stereocenters. The summed E-state index contributed by atoms with van der Waals surface area (Å²) in [4.78, 5) is 23.8. The molecule has 0 aliphatic carbocycles. The zero-order valence-corrected chi connectivity index (χ0v) is 17.1. The second-order valence-electron chi connectivity index (χ2n) is 6.44. The van der Waals surface area contributed by atoms with Gasteiger partial charge in [-0.3, -0.25) is 9.59 Å². The molecule has 160 valence electrons. The Hall–Kier alpha value is -3.02. The van der Waals surface area contributed by atoms with Gasteiger partial charge in [-0.05, 0) is 36.8 Å². The van der Waals surface area contributed by atoms with Crippen molar-refractivity contribution in [3.8, 4) is 0 Å². The van der Waals surface area contributed by atoms with Crippen molar-refractivity contribution in [1.29, 1.82) is 0 Å². The number of nitrogens with one attached hydrogen (secondary N) is 2. The number of hydrazone groups is 1. The molecule has 1 aliphatic rings. The fourth-order valence-electron chi connectivity index (χ4n) is 2.71. The van der Waals surface area contributed by atoms with Crippen molar-refractivity contribution in [2.24, 2.45) is 5.10 Å². The van der Waals surface area contributed by atoms with Crippen LogP contribution in [0, 0.1) is 0 Å². The molecular formula is C19H22N4O6S. The Labute approximate surface area is 173 Å². The summed E-state index contributed by atoms with van der Waals surface area (Å²) in [5.74, 6) is -1.26. The topological polar surface area (TPSA) is 130 Å². The van der Waals surface area contributed by atoms with Crippen molar-refractivity contribution in [3.63, 3.8) is 0 Å². The highest BCUT2D eigenvalue weighted by Crippen LogP contribution is 2.18. The zero-order valence-electron chi connectivity index (χ0n) is 16.3. The monoisotopic (exact) mass is 434 g/mol. The third-order valence-corrected chi connectivity index (χ3v) is 6.33. The van der Waals surface area contributed by atoms with E-state index in [4.69, 9.17) is 9.15 Å². The maximum absolute atomic E-state index is 12.6.